The topological polar surface area (TPSA) is 74.6 Å². The minimum absolute atomic E-state index is 0.153. The molecule has 0 saturated carbocycles. The molecule has 0 aliphatic heterocycles. The van der Waals surface area contributed by atoms with E-state index in [-0.39, 0.29) is 5.91 Å². The number of amides is 1. The molecule has 3 aromatic rings. The zero-order chi connectivity index (χ0) is 26.5. The maximum absolute atomic E-state index is 12.7. The van der Waals surface area contributed by atoms with E-state index in [0.717, 1.165) is 37.7 Å². The minimum Gasteiger partial charge on any atom is -0.493 e. The first-order valence-electron chi connectivity index (χ1n) is 13.6. The summed E-state index contributed by atoms with van der Waals surface area (Å²) in [5, 5.41) is 3.01. The summed E-state index contributed by atoms with van der Waals surface area (Å²) in [5.41, 5.74) is 2.81. The van der Waals surface area contributed by atoms with Crippen molar-refractivity contribution in [2.75, 3.05) is 27.9 Å². The van der Waals surface area contributed by atoms with Gasteiger partial charge in [-0.05, 0) is 43.5 Å². The van der Waals surface area contributed by atoms with Crippen molar-refractivity contribution in [1.29, 1.82) is 0 Å². The number of unbranched alkanes of at least 4 members (excludes halogenated alkanes) is 7. The number of carbonyl (C=O) groups excluding carboxylic acids is 1. The van der Waals surface area contributed by atoms with Crippen molar-refractivity contribution in [3.8, 4) is 17.2 Å². The number of aromatic nitrogens is 2. The molecule has 1 aromatic heterocycles. The molecule has 3 rings (SSSR count). The Morgan fingerprint density at radius 1 is 0.865 bits per heavy atom. The first-order chi connectivity index (χ1) is 18.1. The van der Waals surface area contributed by atoms with Gasteiger partial charge in [0.1, 0.15) is 5.82 Å². The van der Waals surface area contributed by atoms with Gasteiger partial charge in [0.25, 0.3) is 5.91 Å². The maximum atomic E-state index is 12.7. The van der Waals surface area contributed by atoms with Crippen LogP contribution in [-0.4, -0.2) is 43.3 Å². The molecule has 0 unspecified atom stereocenters. The molecule has 0 fully saturated rings. The van der Waals surface area contributed by atoms with Gasteiger partial charge >= 0.3 is 0 Å². The highest BCUT2D eigenvalue weighted by molar-refractivity contribution is 5.95. The molecule has 7 heteroatoms. The third-order valence-electron chi connectivity index (χ3n) is 6.76. The molecular weight excluding hydrogens is 466 g/mol. The molecule has 0 saturated heterocycles. The molecule has 7 nitrogen and oxygen atoms in total. The number of ether oxygens (including phenoxy) is 3. The predicted molar refractivity (Wildman–Crippen MR) is 149 cm³/mol. The van der Waals surface area contributed by atoms with Crippen LogP contribution in [-0.2, 0) is 13.0 Å². The molecule has 0 atom stereocenters. The first-order valence-corrected chi connectivity index (χ1v) is 13.6. The van der Waals surface area contributed by atoms with E-state index in [2.05, 4.69) is 41.1 Å². The second kappa shape index (κ2) is 15.1. The van der Waals surface area contributed by atoms with Gasteiger partial charge in [-0.3, -0.25) is 4.79 Å². The first kappa shape index (κ1) is 28.4. The average Bonchev–Trinajstić information content (AvgIpc) is 3.28. The molecule has 1 N–H and O–H groups in total. The summed E-state index contributed by atoms with van der Waals surface area (Å²) in [6.07, 6.45) is 11.7. The standard InChI is InChI=1S/C30H43N3O4/c1-5-6-7-8-9-15-20-33-25-17-13-12-16-24(25)32-28(33)18-11-10-14-19-31-30(34)23-21-26(35-2)29(37-4)27(22-23)36-3/h12-13,16-17,21-22H,5-11,14-15,18-20H2,1-4H3,(H,31,34). The van der Waals surface area contributed by atoms with Crippen LogP contribution in [0.1, 0.15) is 80.9 Å². The van der Waals surface area contributed by atoms with Crippen LogP contribution in [0.5, 0.6) is 17.2 Å². The summed E-state index contributed by atoms with van der Waals surface area (Å²) in [7, 11) is 4.63. The van der Waals surface area contributed by atoms with Crippen LogP contribution < -0.4 is 19.5 Å². The molecule has 0 spiro atoms. The van der Waals surface area contributed by atoms with E-state index >= 15 is 0 Å². The highest BCUT2D eigenvalue weighted by atomic mass is 16.5. The van der Waals surface area contributed by atoms with Crippen LogP contribution in [0, 0.1) is 0 Å². The summed E-state index contributed by atoms with van der Waals surface area (Å²) in [5.74, 6) is 2.44. The van der Waals surface area contributed by atoms with Crippen molar-refractivity contribution in [2.45, 2.75) is 77.7 Å². The molecular formula is C30H43N3O4. The number of nitrogens with zero attached hydrogens (tertiary/aromatic N) is 2. The normalized spacial score (nSPS) is 11.0. The fourth-order valence-electron chi connectivity index (χ4n) is 4.72. The molecule has 0 bridgehead atoms. The molecule has 2 aromatic carbocycles. The van der Waals surface area contributed by atoms with Crippen molar-refractivity contribution in [3.63, 3.8) is 0 Å². The number of rotatable bonds is 17. The van der Waals surface area contributed by atoms with Crippen LogP contribution in [0.3, 0.4) is 0 Å². The van der Waals surface area contributed by atoms with Crippen LogP contribution in [0.15, 0.2) is 36.4 Å². The Labute approximate surface area is 221 Å². The molecule has 0 radical (unpaired) electrons. The van der Waals surface area contributed by atoms with E-state index in [0.29, 0.717) is 29.4 Å². The minimum atomic E-state index is -0.153. The number of fused-ring (bicyclic) bond motifs is 1. The van der Waals surface area contributed by atoms with E-state index in [4.69, 9.17) is 19.2 Å². The van der Waals surface area contributed by atoms with Crippen LogP contribution in [0.4, 0.5) is 0 Å². The third kappa shape index (κ3) is 7.88. The van der Waals surface area contributed by atoms with Crippen molar-refractivity contribution in [1.82, 2.24) is 14.9 Å². The Morgan fingerprint density at radius 3 is 2.24 bits per heavy atom. The zero-order valence-corrected chi connectivity index (χ0v) is 23.0. The number of para-hydroxylation sites is 2. The molecule has 202 valence electrons. The number of aryl methyl sites for hydroxylation is 2. The molecule has 0 aliphatic rings. The van der Waals surface area contributed by atoms with Gasteiger partial charge in [0.05, 0.1) is 32.4 Å². The number of hydrogen-bond donors (Lipinski definition) is 1. The van der Waals surface area contributed by atoms with E-state index in [1.54, 1.807) is 33.5 Å². The van der Waals surface area contributed by atoms with Gasteiger partial charge in [0, 0.05) is 25.1 Å². The highest BCUT2D eigenvalue weighted by Crippen LogP contribution is 2.38. The quantitative estimate of drug-likeness (QED) is 0.208. The lowest BCUT2D eigenvalue weighted by atomic mass is 10.1. The zero-order valence-electron chi connectivity index (χ0n) is 23.0. The van der Waals surface area contributed by atoms with Crippen molar-refractivity contribution >= 4 is 16.9 Å². The van der Waals surface area contributed by atoms with Crippen LogP contribution >= 0.6 is 0 Å². The van der Waals surface area contributed by atoms with Gasteiger partial charge in [-0.1, -0.05) is 57.6 Å². The van der Waals surface area contributed by atoms with Gasteiger partial charge in [0.15, 0.2) is 11.5 Å². The summed E-state index contributed by atoms with van der Waals surface area (Å²) in [6, 6.07) is 11.8. The Bertz CT molecular complexity index is 1100. The Hall–Kier alpha value is -3.22. The van der Waals surface area contributed by atoms with Gasteiger partial charge in [-0.15, -0.1) is 0 Å². The monoisotopic (exact) mass is 509 g/mol. The third-order valence-corrected chi connectivity index (χ3v) is 6.76. The largest absolute Gasteiger partial charge is 0.493 e. The van der Waals surface area contributed by atoms with E-state index in [9.17, 15) is 4.79 Å². The van der Waals surface area contributed by atoms with Crippen molar-refractivity contribution < 1.29 is 19.0 Å². The lowest BCUT2D eigenvalue weighted by molar-refractivity contribution is 0.0952. The lowest BCUT2D eigenvalue weighted by Crippen LogP contribution is -2.24. The number of imidazole rings is 1. The Balaban J connectivity index is 1.47. The van der Waals surface area contributed by atoms with Gasteiger partial charge in [-0.25, -0.2) is 4.98 Å². The smallest absolute Gasteiger partial charge is 0.251 e. The second-order valence-electron chi connectivity index (χ2n) is 9.42. The predicted octanol–water partition coefficient (Wildman–Crippen LogP) is 6.57. The average molecular weight is 510 g/mol. The number of methoxy groups -OCH3 is 3. The van der Waals surface area contributed by atoms with Crippen LogP contribution in [0.2, 0.25) is 0 Å². The molecule has 1 amide bonds. The summed E-state index contributed by atoms with van der Waals surface area (Å²) in [6.45, 7) is 3.91. The number of nitrogens with one attached hydrogen (secondary N) is 1. The van der Waals surface area contributed by atoms with Gasteiger partial charge < -0.3 is 24.1 Å². The Morgan fingerprint density at radius 2 is 1.54 bits per heavy atom. The lowest BCUT2D eigenvalue weighted by Gasteiger charge is -2.14. The van der Waals surface area contributed by atoms with Gasteiger partial charge in [0.2, 0.25) is 5.75 Å². The number of hydrogen-bond acceptors (Lipinski definition) is 5. The van der Waals surface area contributed by atoms with E-state index in [1.165, 1.54) is 49.9 Å². The Kier molecular flexibility index (Phi) is 11.6. The summed E-state index contributed by atoms with van der Waals surface area (Å²) >= 11 is 0. The number of carbonyl (C=O) groups is 1. The van der Waals surface area contributed by atoms with Gasteiger partial charge in [-0.2, -0.15) is 0 Å². The summed E-state index contributed by atoms with van der Waals surface area (Å²) < 4.78 is 18.5. The van der Waals surface area contributed by atoms with Crippen LogP contribution in [0.25, 0.3) is 11.0 Å². The highest BCUT2D eigenvalue weighted by Gasteiger charge is 2.17. The molecule has 0 aliphatic carbocycles. The maximum Gasteiger partial charge on any atom is 0.251 e. The van der Waals surface area contributed by atoms with Crippen molar-refractivity contribution in [3.05, 3.63) is 47.8 Å². The van der Waals surface area contributed by atoms with Crippen molar-refractivity contribution in [2.24, 2.45) is 0 Å². The second-order valence-corrected chi connectivity index (χ2v) is 9.42. The van der Waals surface area contributed by atoms with E-state index in [1.807, 2.05) is 0 Å². The SMILES string of the molecule is CCCCCCCCn1c(CCCCCNC(=O)c2cc(OC)c(OC)c(OC)c2)nc2ccccc21. The number of benzene rings is 2. The molecule has 37 heavy (non-hydrogen) atoms. The molecule has 1 heterocycles. The fraction of sp³-hybridized carbons (Fsp3) is 0.533. The fourth-order valence-corrected chi connectivity index (χ4v) is 4.72. The summed E-state index contributed by atoms with van der Waals surface area (Å²) in [4.78, 5) is 17.6. The van der Waals surface area contributed by atoms with E-state index < -0.39 is 0 Å².